The molecule has 2 aromatic carbocycles. The maximum atomic E-state index is 13.0. The third-order valence-corrected chi connectivity index (χ3v) is 6.22. The van der Waals surface area contributed by atoms with Gasteiger partial charge in [0.15, 0.2) is 0 Å². The average Bonchev–Trinajstić information content (AvgIpc) is 2.68. The van der Waals surface area contributed by atoms with Gasteiger partial charge in [-0.15, -0.1) is 0 Å². The molecule has 1 fully saturated rings. The first-order chi connectivity index (χ1) is 12.8. The summed E-state index contributed by atoms with van der Waals surface area (Å²) in [6.45, 7) is 10.0. The second-order valence-electron chi connectivity index (χ2n) is 8.79. The van der Waals surface area contributed by atoms with Crippen molar-refractivity contribution >= 4 is 5.91 Å². The summed E-state index contributed by atoms with van der Waals surface area (Å²) < 4.78 is 0. The second-order valence-corrected chi connectivity index (χ2v) is 8.79. The molecule has 0 aliphatic carbocycles. The van der Waals surface area contributed by atoms with Gasteiger partial charge in [-0.05, 0) is 54.0 Å². The molecule has 3 nitrogen and oxygen atoms in total. The molecule has 1 aliphatic heterocycles. The zero-order chi connectivity index (χ0) is 19.7. The predicted molar refractivity (Wildman–Crippen MR) is 110 cm³/mol. The molecule has 0 atom stereocenters. The number of hydrogen-bond donors (Lipinski definition) is 1. The highest BCUT2D eigenvalue weighted by Crippen LogP contribution is 2.35. The van der Waals surface area contributed by atoms with Gasteiger partial charge in [-0.3, -0.25) is 4.79 Å². The molecule has 0 unspecified atom stereocenters. The fourth-order valence-corrected chi connectivity index (χ4v) is 4.16. The highest BCUT2D eigenvalue weighted by atomic mass is 16.3. The number of amides is 1. The maximum absolute atomic E-state index is 13.0. The number of rotatable bonds is 4. The quantitative estimate of drug-likeness (QED) is 0.869. The van der Waals surface area contributed by atoms with Crippen molar-refractivity contribution in [3.63, 3.8) is 0 Å². The highest BCUT2D eigenvalue weighted by molar-refractivity contribution is 5.94. The smallest absolute Gasteiger partial charge is 0.253 e. The molecule has 144 valence electrons. The molecule has 1 N–H and O–H groups in total. The van der Waals surface area contributed by atoms with Gasteiger partial charge in [-0.2, -0.15) is 0 Å². The first-order valence-electron chi connectivity index (χ1n) is 9.84. The number of aliphatic hydroxyl groups is 1. The van der Waals surface area contributed by atoms with Crippen molar-refractivity contribution in [1.82, 2.24) is 4.90 Å². The van der Waals surface area contributed by atoms with Gasteiger partial charge in [0.2, 0.25) is 0 Å². The summed E-state index contributed by atoms with van der Waals surface area (Å²) in [7, 11) is 0. The van der Waals surface area contributed by atoms with Crippen LogP contribution in [0.4, 0.5) is 0 Å². The average molecular weight is 366 g/mol. The zero-order valence-electron chi connectivity index (χ0n) is 17.0. The van der Waals surface area contributed by atoms with Gasteiger partial charge in [-0.25, -0.2) is 0 Å². The van der Waals surface area contributed by atoms with Crippen molar-refractivity contribution in [3.05, 3.63) is 70.8 Å². The SMILES string of the molecule is Cc1cc(C(=O)N2CCC(C)(c3ccccc3)CC2)ccc1C(C)(C)CO. The van der Waals surface area contributed by atoms with Crippen LogP contribution in [0.5, 0.6) is 0 Å². The summed E-state index contributed by atoms with van der Waals surface area (Å²) in [5, 5.41) is 9.62. The van der Waals surface area contributed by atoms with Crippen LogP contribution in [-0.2, 0) is 10.8 Å². The first-order valence-corrected chi connectivity index (χ1v) is 9.84. The lowest BCUT2D eigenvalue weighted by Crippen LogP contribution is -2.44. The number of aliphatic hydroxyl groups excluding tert-OH is 1. The molecule has 1 amide bonds. The molecule has 0 spiro atoms. The standard InChI is InChI=1S/C24H31NO2/c1-18-16-19(10-11-21(18)23(2,3)17-26)22(27)25-14-12-24(4,13-15-25)20-8-6-5-7-9-20/h5-11,16,26H,12-15,17H2,1-4H3. The Kier molecular flexibility index (Phi) is 5.43. The van der Waals surface area contributed by atoms with Crippen molar-refractivity contribution in [3.8, 4) is 0 Å². The van der Waals surface area contributed by atoms with Gasteiger partial charge in [-0.1, -0.05) is 57.2 Å². The summed E-state index contributed by atoms with van der Waals surface area (Å²) in [5.41, 5.74) is 4.11. The number of benzene rings is 2. The number of carbonyl (C=O) groups is 1. The van der Waals surface area contributed by atoms with Crippen LogP contribution >= 0.6 is 0 Å². The number of carbonyl (C=O) groups excluding carboxylic acids is 1. The van der Waals surface area contributed by atoms with Crippen LogP contribution in [0.25, 0.3) is 0 Å². The summed E-state index contributed by atoms with van der Waals surface area (Å²) in [4.78, 5) is 15.0. The number of piperidine rings is 1. The van der Waals surface area contributed by atoms with Gasteiger partial charge in [0.05, 0.1) is 6.61 Å². The minimum absolute atomic E-state index is 0.0886. The third-order valence-electron chi connectivity index (χ3n) is 6.22. The van der Waals surface area contributed by atoms with Crippen LogP contribution in [0.2, 0.25) is 0 Å². The third kappa shape index (κ3) is 3.93. The van der Waals surface area contributed by atoms with E-state index in [0.29, 0.717) is 0 Å². The summed E-state index contributed by atoms with van der Waals surface area (Å²) >= 11 is 0. The molecular formula is C24H31NO2. The molecule has 1 heterocycles. The Balaban J connectivity index is 1.72. The van der Waals surface area contributed by atoms with Crippen LogP contribution in [0, 0.1) is 6.92 Å². The molecule has 2 aromatic rings. The van der Waals surface area contributed by atoms with E-state index in [4.69, 9.17) is 0 Å². The Morgan fingerprint density at radius 3 is 2.30 bits per heavy atom. The maximum Gasteiger partial charge on any atom is 0.253 e. The summed E-state index contributed by atoms with van der Waals surface area (Å²) in [6.07, 6.45) is 1.97. The van der Waals surface area contributed by atoms with Crippen LogP contribution in [0.3, 0.4) is 0 Å². The fraction of sp³-hybridized carbons (Fsp3) is 0.458. The van der Waals surface area contributed by atoms with E-state index < -0.39 is 0 Å². The Morgan fingerprint density at radius 2 is 1.74 bits per heavy atom. The number of nitrogens with zero attached hydrogens (tertiary/aromatic N) is 1. The molecule has 0 saturated carbocycles. The van der Waals surface area contributed by atoms with Gasteiger partial charge >= 0.3 is 0 Å². The molecule has 0 aromatic heterocycles. The summed E-state index contributed by atoms with van der Waals surface area (Å²) in [6, 6.07) is 16.5. The fourth-order valence-electron chi connectivity index (χ4n) is 4.16. The molecule has 27 heavy (non-hydrogen) atoms. The molecule has 3 rings (SSSR count). The monoisotopic (exact) mass is 365 g/mol. The Labute approximate surface area is 163 Å². The Hall–Kier alpha value is -2.13. The van der Waals surface area contributed by atoms with Gasteiger partial charge in [0.1, 0.15) is 0 Å². The number of hydrogen-bond acceptors (Lipinski definition) is 2. The summed E-state index contributed by atoms with van der Waals surface area (Å²) in [5.74, 6) is 0.113. The van der Waals surface area contributed by atoms with E-state index >= 15 is 0 Å². The van der Waals surface area contributed by atoms with Crippen LogP contribution < -0.4 is 0 Å². The van der Waals surface area contributed by atoms with E-state index in [1.54, 1.807) is 0 Å². The lowest BCUT2D eigenvalue weighted by Gasteiger charge is -2.40. The van der Waals surface area contributed by atoms with Crippen molar-refractivity contribution in [2.75, 3.05) is 19.7 Å². The van der Waals surface area contributed by atoms with Crippen molar-refractivity contribution < 1.29 is 9.90 Å². The molecule has 0 bridgehead atoms. The van der Waals surface area contributed by atoms with Gasteiger partial charge in [0.25, 0.3) is 5.91 Å². The second kappa shape index (κ2) is 7.47. The van der Waals surface area contributed by atoms with Gasteiger partial charge in [0, 0.05) is 24.1 Å². The molecule has 3 heteroatoms. The van der Waals surface area contributed by atoms with E-state index in [-0.39, 0.29) is 23.3 Å². The Bertz CT molecular complexity index is 802. The number of aryl methyl sites for hydroxylation is 1. The first kappa shape index (κ1) is 19.6. The zero-order valence-corrected chi connectivity index (χ0v) is 17.0. The van der Waals surface area contributed by atoms with Crippen molar-refractivity contribution in [1.29, 1.82) is 0 Å². The molecular weight excluding hydrogens is 334 g/mol. The van der Waals surface area contributed by atoms with Crippen LogP contribution in [0.1, 0.15) is 60.7 Å². The minimum Gasteiger partial charge on any atom is -0.395 e. The van der Waals surface area contributed by atoms with E-state index in [1.807, 2.05) is 43.9 Å². The van der Waals surface area contributed by atoms with E-state index in [1.165, 1.54) is 5.56 Å². The Morgan fingerprint density at radius 1 is 1.11 bits per heavy atom. The largest absolute Gasteiger partial charge is 0.395 e. The molecule has 1 aliphatic rings. The lowest BCUT2D eigenvalue weighted by molar-refractivity contribution is 0.0676. The number of likely N-dealkylation sites (tertiary alicyclic amines) is 1. The topological polar surface area (TPSA) is 40.5 Å². The van der Waals surface area contributed by atoms with E-state index in [2.05, 4.69) is 37.3 Å². The minimum atomic E-state index is -0.297. The van der Waals surface area contributed by atoms with Crippen molar-refractivity contribution in [2.24, 2.45) is 0 Å². The van der Waals surface area contributed by atoms with E-state index in [9.17, 15) is 9.90 Å². The predicted octanol–water partition coefficient (Wildman–Crippen LogP) is 4.46. The van der Waals surface area contributed by atoms with Crippen LogP contribution in [0.15, 0.2) is 48.5 Å². The van der Waals surface area contributed by atoms with Crippen LogP contribution in [-0.4, -0.2) is 35.6 Å². The normalized spacial score (nSPS) is 17.0. The highest BCUT2D eigenvalue weighted by Gasteiger charge is 2.33. The van der Waals surface area contributed by atoms with E-state index in [0.717, 1.165) is 42.6 Å². The molecule has 1 saturated heterocycles. The lowest BCUT2D eigenvalue weighted by atomic mass is 9.74. The molecule has 0 radical (unpaired) electrons. The van der Waals surface area contributed by atoms with Crippen molar-refractivity contribution in [2.45, 2.75) is 51.4 Å². The van der Waals surface area contributed by atoms with Gasteiger partial charge < -0.3 is 10.0 Å².